The molecule has 5 heteroatoms. The SMILES string of the molecule is C/C(=N/Nc1nc(C(C)(C)C)cs1)c1ccccc1O. The number of benzene rings is 1. The van der Waals surface area contributed by atoms with Gasteiger partial charge in [-0.1, -0.05) is 32.9 Å². The molecule has 4 nitrogen and oxygen atoms in total. The first kappa shape index (κ1) is 14.5. The molecule has 0 radical (unpaired) electrons. The summed E-state index contributed by atoms with van der Waals surface area (Å²) in [4.78, 5) is 4.51. The summed E-state index contributed by atoms with van der Waals surface area (Å²) >= 11 is 1.53. The number of para-hydroxylation sites is 1. The molecule has 2 rings (SSSR count). The highest BCUT2D eigenvalue weighted by atomic mass is 32.1. The molecule has 0 spiro atoms. The van der Waals surface area contributed by atoms with Crippen LogP contribution in [-0.2, 0) is 5.41 Å². The standard InChI is InChI=1S/C15H19N3OS/c1-10(11-7-5-6-8-12(11)19)17-18-14-16-13(9-20-14)15(2,3)4/h5-9,19H,1-4H3,(H,16,18)/b17-10-. The number of nitrogens with one attached hydrogen (secondary N) is 1. The molecule has 0 aliphatic heterocycles. The molecule has 0 aliphatic carbocycles. The van der Waals surface area contributed by atoms with Crippen molar-refractivity contribution >= 4 is 22.2 Å². The third kappa shape index (κ3) is 3.36. The van der Waals surface area contributed by atoms with Gasteiger partial charge in [-0.15, -0.1) is 11.3 Å². The maximum absolute atomic E-state index is 9.77. The molecule has 0 bridgehead atoms. The Morgan fingerprint density at radius 2 is 2.00 bits per heavy atom. The van der Waals surface area contributed by atoms with Gasteiger partial charge in [-0.3, -0.25) is 5.43 Å². The van der Waals surface area contributed by atoms with E-state index in [2.05, 4.69) is 36.3 Å². The molecule has 20 heavy (non-hydrogen) atoms. The summed E-state index contributed by atoms with van der Waals surface area (Å²) in [6.45, 7) is 8.23. The fraction of sp³-hybridized carbons (Fsp3) is 0.333. The summed E-state index contributed by atoms with van der Waals surface area (Å²) in [5.41, 5.74) is 5.46. The van der Waals surface area contributed by atoms with Gasteiger partial charge < -0.3 is 5.11 Å². The molecule has 1 heterocycles. The van der Waals surface area contributed by atoms with Gasteiger partial charge in [0.2, 0.25) is 5.13 Å². The molecular weight excluding hydrogens is 270 g/mol. The average Bonchev–Trinajstić information content (AvgIpc) is 2.85. The minimum absolute atomic E-state index is 0.0346. The number of nitrogens with zero attached hydrogens (tertiary/aromatic N) is 2. The number of rotatable bonds is 3. The number of anilines is 1. The summed E-state index contributed by atoms with van der Waals surface area (Å²) < 4.78 is 0. The highest BCUT2D eigenvalue weighted by Gasteiger charge is 2.17. The highest BCUT2D eigenvalue weighted by Crippen LogP contribution is 2.26. The van der Waals surface area contributed by atoms with Crippen LogP contribution in [0.1, 0.15) is 39.0 Å². The molecule has 2 N–H and O–H groups in total. The van der Waals surface area contributed by atoms with E-state index in [1.165, 1.54) is 11.3 Å². The van der Waals surface area contributed by atoms with Crippen LogP contribution in [0.4, 0.5) is 5.13 Å². The monoisotopic (exact) mass is 289 g/mol. The lowest BCUT2D eigenvalue weighted by atomic mass is 9.93. The minimum atomic E-state index is 0.0346. The van der Waals surface area contributed by atoms with E-state index in [1.54, 1.807) is 12.1 Å². The number of hydrazone groups is 1. The maximum atomic E-state index is 9.77. The first-order valence-corrected chi connectivity index (χ1v) is 7.30. The molecule has 0 amide bonds. The molecular formula is C15H19N3OS. The predicted molar refractivity (Wildman–Crippen MR) is 84.8 cm³/mol. The summed E-state index contributed by atoms with van der Waals surface area (Å²) in [6, 6.07) is 7.14. The molecule has 0 aliphatic rings. The number of phenols is 1. The van der Waals surface area contributed by atoms with Crippen molar-refractivity contribution in [1.82, 2.24) is 4.98 Å². The fourth-order valence-corrected chi connectivity index (χ4v) is 2.52. The summed E-state index contributed by atoms with van der Waals surface area (Å²) in [5, 5.41) is 16.8. The second kappa shape index (κ2) is 5.63. The van der Waals surface area contributed by atoms with Gasteiger partial charge in [0.1, 0.15) is 5.75 Å². The smallest absolute Gasteiger partial charge is 0.203 e. The number of aromatic nitrogens is 1. The van der Waals surface area contributed by atoms with Gasteiger partial charge in [0.05, 0.1) is 11.4 Å². The lowest BCUT2D eigenvalue weighted by Gasteiger charge is -2.14. The molecule has 2 aromatic rings. The van der Waals surface area contributed by atoms with Crippen molar-refractivity contribution in [2.45, 2.75) is 33.1 Å². The second-order valence-corrected chi connectivity index (χ2v) is 6.47. The fourth-order valence-electron chi connectivity index (χ4n) is 1.64. The van der Waals surface area contributed by atoms with Gasteiger partial charge in [-0.05, 0) is 19.1 Å². The molecule has 1 aromatic heterocycles. The van der Waals surface area contributed by atoms with E-state index in [-0.39, 0.29) is 11.2 Å². The van der Waals surface area contributed by atoms with Crippen LogP contribution in [0.2, 0.25) is 0 Å². The number of thiazole rings is 1. The molecule has 0 fully saturated rings. The van der Waals surface area contributed by atoms with Gasteiger partial charge >= 0.3 is 0 Å². The highest BCUT2D eigenvalue weighted by molar-refractivity contribution is 7.13. The van der Waals surface area contributed by atoms with Gasteiger partial charge in [-0.25, -0.2) is 4.98 Å². The van der Waals surface area contributed by atoms with Crippen LogP contribution in [-0.4, -0.2) is 15.8 Å². The Kier molecular flexibility index (Phi) is 4.09. The molecule has 1 aromatic carbocycles. The van der Waals surface area contributed by atoms with E-state index in [0.717, 1.165) is 16.5 Å². The second-order valence-electron chi connectivity index (χ2n) is 5.61. The van der Waals surface area contributed by atoms with Crippen molar-refractivity contribution < 1.29 is 5.11 Å². The van der Waals surface area contributed by atoms with E-state index in [0.29, 0.717) is 5.56 Å². The first-order valence-electron chi connectivity index (χ1n) is 6.42. The topological polar surface area (TPSA) is 57.5 Å². The summed E-state index contributed by atoms with van der Waals surface area (Å²) in [5.74, 6) is 0.227. The largest absolute Gasteiger partial charge is 0.507 e. The summed E-state index contributed by atoms with van der Waals surface area (Å²) in [7, 11) is 0. The van der Waals surface area contributed by atoms with Crippen molar-refractivity contribution in [3.8, 4) is 5.75 Å². The van der Waals surface area contributed by atoms with Crippen LogP contribution in [0.3, 0.4) is 0 Å². The number of phenolic OH excluding ortho intramolecular Hbond substituents is 1. The van der Waals surface area contributed by atoms with Gasteiger partial charge in [0.25, 0.3) is 0 Å². The number of aromatic hydroxyl groups is 1. The van der Waals surface area contributed by atoms with E-state index in [1.807, 2.05) is 24.4 Å². The Balaban J connectivity index is 2.13. The normalized spacial score (nSPS) is 12.5. The Hall–Kier alpha value is -1.88. The van der Waals surface area contributed by atoms with E-state index >= 15 is 0 Å². The van der Waals surface area contributed by atoms with Crippen LogP contribution in [0.15, 0.2) is 34.7 Å². The molecule has 0 atom stereocenters. The van der Waals surface area contributed by atoms with Crippen LogP contribution < -0.4 is 5.43 Å². The Bertz CT molecular complexity index is 626. The zero-order chi connectivity index (χ0) is 14.8. The molecule has 0 unspecified atom stereocenters. The van der Waals surface area contributed by atoms with Crippen molar-refractivity contribution in [2.75, 3.05) is 5.43 Å². The van der Waals surface area contributed by atoms with Crippen LogP contribution in [0, 0.1) is 0 Å². The quantitative estimate of drug-likeness (QED) is 0.663. The summed E-state index contributed by atoms with van der Waals surface area (Å²) in [6.07, 6.45) is 0. The lowest BCUT2D eigenvalue weighted by Crippen LogP contribution is -2.11. The van der Waals surface area contributed by atoms with Crippen molar-refractivity contribution in [3.05, 3.63) is 40.9 Å². The van der Waals surface area contributed by atoms with E-state index in [4.69, 9.17) is 0 Å². The zero-order valence-corrected chi connectivity index (χ0v) is 13.0. The van der Waals surface area contributed by atoms with Crippen molar-refractivity contribution in [2.24, 2.45) is 5.10 Å². The Morgan fingerprint density at radius 3 is 2.60 bits per heavy atom. The zero-order valence-electron chi connectivity index (χ0n) is 12.1. The van der Waals surface area contributed by atoms with Crippen LogP contribution >= 0.6 is 11.3 Å². The first-order chi connectivity index (χ1) is 9.38. The third-order valence-electron chi connectivity index (χ3n) is 2.89. The Morgan fingerprint density at radius 1 is 1.30 bits per heavy atom. The number of hydrogen-bond acceptors (Lipinski definition) is 5. The van der Waals surface area contributed by atoms with E-state index in [9.17, 15) is 5.11 Å². The Labute approximate surface area is 123 Å². The van der Waals surface area contributed by atoms with Crippen molar-refractivity contribution in [1.29, 1.82) is 0 Å². The predicted octanol–water partition coefficient (Wildman–Crippen LogP) is 3.98. The molecule has 0 saturated heterocycles. The van der Waals surface area contributed by atoms with Gasteiger partial charge in [0.15, 0.2) is 0 Å². The molecule has 106 valence electrons. The maximum Gasteiger partial charge on any atom is 0.203 e. The van der Waals surface area contributed by atoms with Gasteiger partial charge in [0, 0.05) is 16.4 Å². The van der Waals surface area contributed by atoms with Crippen LogP contribution in [0.25, 0.3) is 0 Å². The minimum Gasteiger partial charge on any atom is -0.507 e. The molecule has 0 saturated carbocycles. The van der Waals surface area contributed by atoms with Gasteiger partial charge in [-0.2, -0.15) is 5.10 Å². The third-order valence-corrected chi connectivity index (χ3v) is 3.63. The van der Waals surface area contributed by atoms with Crippen LogP contribution in [0.5, 0.6) is 5.75 Å². The van der Waals surface area contributed by atoms with E-state index < -0.39 is 0 Å². The lowest BCUT2D eigenvalue weighted by molar-refractivity contribution is 0.474. The van der Waals surface area contributed by atoms with Crippen molar-refractivity contribution in [3.63, 3.8) is 0 Å². The average molecular weight is 289 g/mol. The number of hydrogen-bond donors (Lipinski definition) is 2.